The Hall–Kier alpha value is -1.07. The molecule has 1 aromatic heterocycles. The van der Waals surface area contributed by atoms with Crippen LogP contribution in [-0.4, -0.2) is 47.9 Å². The molecule has 1 unspecified atom stereocenters. The first kappa shape index (κ1) is 14.9. The Balaban J connectivity index is 1.55. The maximum Gasteiger partial charge on any atom is 0.266 e. The van der Waals surface area contributed by atoms with Crippen molar-refractivity contribution in [3.8, 4) is 0 Å². The van der Waals surface area contributed by atoms with Crippen LogP contribution in [0, 0.1) is 5.92 Å². The molecule has 0 aromatic carbocycles. The fraction of sp³-hybridized carbons (Fsp3) is 0.688. The number of thiophene rings is 1. The van der Waals surface area contributed by atoms with E-state index in [9.17, 15) is 4.79 Å². The number of piperidine rings is 1. The number of likely N-dealkylation sites (tertiary alicyclic amines) is 2. The lowest BCUT2D eigenvalue weighted by Crippen LogP contribution is -2.44. The molecule has 2 N–H and O–H groups in total. The number of carbonyl (C=O) groups excluding carboxylic acids is 1. The van der Waals surface area contributed by atoms with Crippen LogP contribution in [0.4, 0.5) is 5.69 Å². The van der Waals surface area contributed by atoms with Gasteiger partial charge < -0.3 is 15.5 Å². The van der Waals surface area contributed by atoms with Crippen LogP contribution in [0.1, 0.15) is 42.3 Å². The Morgan fingerprint density at radius 3 is 2.52 bits per heavy atom. The van der Waals surface area contributed by atoms with Crippen molar-refractivity contribution in [2.24, 2.45) is 5.92 Å². The molecule has 0 radical (unpaired) electrons. The van der Waals surface area contributed by atoms with Crippen molar-refractivity contribution in [3.63, 3.8) is 0 Å². The molecule has 0 spiro atoms. The summed E-state index contributed by atoms with van der Waals surface area (Å²) in [5.41, 5.74) is 6.49. The van der Waals surface area contributed by atoms with Gasteiger partial charge in [0.2, 0.25) is 0 Å². The quantitative estimate of drug-likeness (QED) is 0.934. The minimum Gasteiger partial charge on any atom is -0.397 e. The van der Waals surface area contributed by atoms with Crippen LogP contribution in [-0.2, 0) is 0 Å². The maximum absolute atomic E-state index is 12.5. The second kappa shape index (κ2) is 6.36. The number of nitrogen functional groups attached to an aromatic ring is 1. The summed E-state index contributed by atoms with van der Waals surface area (Å²) in [6.07, 6.45) is 4.93. The van der Waals surface area contributed by atoms with Crippen LogP contribution < -0.4 is 5.73 Å². The van der Waals surface area contributed by atoms with Gasteiger partial charge in [-0.15, -0.1) is 11.3 Å². The van der Waals surface area contributed by atoms with Gasteiger partial charge in [-0.3, -0.25) is 4.79 Å². The fourth-order valence-corrected chi connectivity index (χ4v) is 4.45. The summed E-state index contributed by atoms with van der Waals surface area (Å²) < 4.78 is 0. The third-order valence-electron chi connectivity index (χ3n) is 5.12. The molecule has 0 saturated carbocycles. The van der Waals surface area contributed by atoms with Crippen molar-refractivity contribution in [2.75, 3.05) is 31.9 Å². The summed E-state index contributed by atoms with van der Waals surface area (Å²) in [6.45, 7) is 6.63. The van der Waals surface area contributed by atoms with Crippen molar-refractivity contribution >= 4 is 22.9 Å². The van der Waals surface area contributed by atoms with E-state index in [0.717, 1.165) is 31.8 Å². The average Bonchev–Trinajstić information content (AvgIpc) is 3.17. The van der Waals surface area contributed by atoms with Crippen molar-refractivity contribution in [3.05, 3.63) is 16.3 Å². The predicted octanol–water partition coefficient (Wildman–Crippen LogP) is 2.67. The number of nitrogens with zero attached hydrogens (tertiary/aromatic N) is 2. The Morgan fingerprint density at radius 1 is 1.29 bits per heavy atom. The molecular formula is C16H25N3OS. The minimum atomic E-state index is 0.120. The minimum absolute atomic E-state index is 0.120. The van der Waals surface area contributed by atoms with Crippen LogP contribution in [0.15, 0.2) is 11.4 Å². The van der Waals surface area contributed by atoms with E-state index in [4.69, 9.17) is 5.73 Å². The number of rotatable bonds is 3. The van der Waals surface area contributed by atoms with E-state index in [-0.39, 0.29) is 5.91 Å². The summed E-state index contributed by atoms with van der Waals surface area (Å²) in [6, 6.07) is 2.48. The van der Waals surface area contributed by atoms with Crippen LogP contribution in [0.5, 0.6) is 0 Å². The summed E-state index contributed by atoms with van der Waals surface area (Å²) in [4.78, 5) is 17.8. The van der Waals surface area contributed by atoms with Crippen LogP contribution >= 0.6 is 11.3 Å². The van der Waals surface area contributed by atoms with Gasteiger partial charge in [0.1, 0.15) is 4.88 Å². The number of anilines is 1. The molecule has 3 rings (SSSR count). The van der Waals surface area contributed by atoms with E-state index < -0.39 is 0 Å². The van der Waals surface area contributed by atoms with Gasteiger partial charge in [0, 0.05) is 19.1 Å². The molecule has 1 aromatic rings. The molecule has 2 saturated heterocycles. The Bertz CT molecular complexity index is 487. The molecule has 116 valence electrons. The maximum atomic E-state index is 12.5. The number of hydrogen-bond acceptors (Lipinski definition) is 4. The molecule has 3 heterocycles. The lowest BCUT2D eigenvalue weighted by Gasteiger charge is -2.38. The number of carbonyl (C=O) groups is 1. The van der Waals surface area contributed by atoms with Crippen LogP contribution in [0.2, 0.25) is 0 Å². The summed E-state index contributed by atoms with van der Waals surface area (Å²) >= 11 is 1.45. The molecule has 1 atom stereocenters. The smallest absolute Gasteiger partial charge is 0.266 e. The summed E-state index contributed by atoms with van der Waals surface area (Å²) in [5, 5.41) is 1.89. The van der Waals surface area contributed by atoms with Gasteiger partial charge in [0.15, 0.2) is 0 Å². The molecule has 2 fully saturated rings. The molecule has 21 heavy (non-hydrogen) atoms. The van der Waals surface area contributed by atoms with E-state index in [0.29, 0.717) is 16.6 Å². The summed E-state index contributed by atoms with van der Waals surface area (Å²) in [5.74, 6) is 0.850. The van der Waals surface area contributed by atoms with Crippen LogP contribution in [0.25, 0.3) is 0 Å². The summed E-state index contributed by atoms with van der Waals surface area (Å²) in [7, 11) is 0. The highest BCUT2D eigenvalue weighted by Gasteiger charge is 2.31. The monoisotopic (exact) mass is 307 g/mol. The highest BCUT2D eigenvalue weighted by molar-refractivity contribution is 7.12. The molecule has 2 aliphatic rings. The van der Waals surface area contributed by atoms with Crippen molar-refractivity contribution in [1.82, 2.24) is 9.80 Å². The van der Waals surface area contributed by atoms with Gasteiger partial charge in [-0.05, 0) is 63.1 Å². The largest absolute Gasteiger partial charge is 0.397 e. The number of nitrogens with two attached hydrogens (primary N) is 1. The van der Waals surface area contributed by atoms with E-state index in [2.05, 4.69) is 11.8 Å². The van der Waals surface area contributed by atoms with E-state index in [1.165, 1.54) is 37.3 Å². The van der Waals surface area contributed by atoms with Gasteiger partial charge in [-0.25, -0.2) is 0 Å². The van der Waals surface area contributed by atoms with Gasteiger partial charge in [0.05, 0.1) is 5.69 Å². The van der Waals surface area contributed by atoms with E-state index in [1.54, 1.807) is 0 Å². The molecule has 4 nitrogen and oxygen atoms in total. The standard InChI is InChI=1S/C16H25N3OS/c1-12(18-7-2-3-8-18)13-4-9-19(10-5-13)16(20)15-14(17)6-11-21-15/h6,11-13H,2-5,7-10,17H2,1H3. The number of amides is 1. The first-order chi connectivity index (χ1) is 10.2. The average molecular weight is 307 g/mol. The Morgan fingerprint density at radius 2 is 1.95 bits per heavy atom. The fourth-order valence-electron chi connectivity index (χ4n) is 3.67. The molecular weight excluding hydrogens is 282 g/mol. The SMILES string of the molecule is CC(C1CCN(C(=O)c2sccc2N)CC1)N1CCCC1. The van der Waals surface area contributed by atoms with E-state index >= 15 is 0 Å². The van der Waals surface area contributed by atoms with Crippen molar-refractivity contribution in [1.29, 1.82) is 0 Å². The number of hydrogen-bond donors (Lipinski definition) is 1. The second-order valence-electron chi connectivity index (χ2n) is 6.32. The van der Waals surface area contributed by atoms with Gasteiger partial charge in [-0.2, -0.15) is 0 Å². The zero-order valence-corrected chi connectivity index (χ0v) is 13.6. The van der Waals surface area contributed by atoms with Crippen LogP contribution in [0.3, 0.4) is 0 Å². The molecule has 5 heteroatoms. The third kappa shape index (κ3) is 3.09. The predicted molar refractivity (Wildman–Crippen MR) is 87.6 cm³/mol. The van der Waals surface area contributed by atoms with E-state index in [1.807, 2.05) is 16.3 Å². The topological polar surface area (TPSA) is 49.6 Å². The molecule has 0 aliphatic carbocycles. The lowest BCUT2D eigenvalue weighted by molar-refractivity contribution is 0.0629. The molecule has 2 aliphatic heterocycles. The van der Waals surface area contributed by atoms with Gasteiger partial charge in [0.25, 0.3) is 5.91 Å². The zero-order valence-electron chi connectivity index (χ0n) is 12.8. The normalized spacial score (nSPS) is 22.6. The van der Waals surface area contributed by atoms with Gasteiger partial charge >= 0.3 is 0 Å². The first-order valence-electron chi connectivity index (χ1n) is 8.03. The first-order valence-corrected chi connectivity index (χ1v) is 8.91. The second-order valence-corrected chi connectivity index (χ2v) is 7.23. The highest BCUT2D eigenvalue weighted by atomic mass is 32.1. The molecule has 1 amide bonds. The Kier molecular flexibility index (Phi) is 4.50. The van der Waals surface area contributed by atoms with Crippen molar-refractivity contribution < 1.29 is 4.79 Å². The highest BCUT2D eigenvalue weighted by Crippen LogP contribution is 2.28. The van der Waals surface area contributed by atoms with Crippen molar-refractivity contribution in [2.45, 2.75) is 38.6 Å². The lowest BCUT2D eigenvalue weighted by atomic mass is 9.89. The van der Waals surface area contributed by atoms with Gasteiger partial charge in [-0.1, -0.05) is 0 Å². The zero-order chi connectivity index (χ0) is 14.8. The Labute approximate surface area is 130 Å². The molecule has 0 bridgehead atoms. The third-order valence-corrected chi connectivity index (χ3v) is 6.03.